The fraction of sp³-hybridized carbons (Fsp3) is 0.706. The Hall–Kier alpha value is -3.31. The van der Waals surface area contributed by atoms with Crippen LogP contribution in [-0.4, -0.2) is 126 Å². The van der Waals surface area contributed by atoms with Gasteiger partial charge in [-0.1, -0.05) is 93.5 Å². The van der Waals surface area contributed by atoms with Crippen LogP contribution in [0, 0.1) is 21.7 Å². The summed E-state index contributed by atoms with van der Waals surface area (Å²) in [5.74, 6) is 1.50. The Labute approximate surface area is 368 Å². The van der Waals surface area contributed by atoms with Gasteiger partial charge in [0.2, 0.25) is 0 Å². The molecule has 2 bridgehead atoms. The van der Waals surface area contributed by atoms with Gasteiger partial charge in [-0.25, -0.2) is 4.98 Å². The van der Waals surface area contributed by atoms with Crippen LogP contribution in [0.3, 0.4) is 0 Å². The highest BCUT2D eigenvalue weighted by Gasteiger charge is 2.41. The van der Waals surface area contributed by atoms with Crippen molar-refractivity contribution in [1.29, 1.82) is 0 Å². The van der Waals surface area contributed by atoms with Gasteiger partial charge in [0.25, 0.3) is 0 Å². The Morgan fingerprint density at radius 1 is 0.656 bits per heavy atom. The van der Waals surface area contributed by atoms with Gasteiger partial charge in [0.05, 0.1) is 13.2 Å². The minimum atomic E-state index is -0.603. The van der Waals surface area contributed by atoms with Crippen LogP contribution in [0.5, 0.6) is 0 Å². The number of likely N-dealkylation sites (tertiary alicyclic amines) is 1. The number of hydrogen-bond donors (Lipinski definition) is 0. The van der Waals surface area contributed by atoms with E-state index in [9.17, 15) is 19.2 Å². The number of rotatable bonds is 20. The second-order valence-corrected chi connectivity index (χ2v) is 22.1. The Morgan fingerprint density at radius 3 is 1.79 bits per heavy atom. The maximum Gasteiger partial charge on any atom is 0.169 e. The topological polar surface area (TPSA) is 103 Å². The van der Waals surface area contributed by atoms with Gasteiger partial charge in [0, 0.05) is 95.9 Å². The zero-order valence-electron chi connectivity index (χ0n) is 39.9. The molecule has 2 unspecified atom stereocenters. The van der Waals surface area contributed by atoms with Crippen LogP contribution in [-0.2, 0) is 20.7 Å². The molecule has 10 nitrogen and oxygen atoms in total. The van der Waals surface area contributed by atoms with Crippen molar-refractivity contribution < 1.29 is 23.9 Å². The number of aromatic nitrogens is 1. The van der Waals surface area contributed by atoms with E-state index in [-0.39, 0.29) is 41.5 Å². The number of pyridine rings is 1. The minimum absolute atomic E-state index is 0.0633. The quantitative estimate of drug-likeness (QED) is 0.0952. The highest BCUT2D eigenvalue weighted by molar-refractivity contribution is 6.00. The molecule has 0 radical (unpaired) electrons. The molecule has 4 atom stereocenters. The normalized spacial score (nSPS) is 22.1. The van der Waals surface area contributed by atoms with E-state index in [1.165, 1.54) is 18.4 Å². The number of ether oxygens (including phenoxy) is 1. The summed E-state index contributed by atoms with van der Waals surface area (Å²) in [4.78, 5) is 67.0. The zero-order chi connectivity index (χ0) is 44.9. The molecule has 0 spiro atoms. The monoisotopic (exact) mass is 842 g/mol. The Morgan fingerprint density at radius 2 is 1.23 bits per heavy atom. The highest BCUT2D eigenvalue weighted by Crippen LogP contribution is 2.35. The maximum atomic E-state index is 13.7. The van der Waals surface area contributed by atoms with E-state index in [1.807, 2.05) is 93.5 Å². The van der Waals surface area contributed by atoms with Gasteiger partial charge < -0.3 is 14.5 Å². The fourth-order valence-electron chi connectivity index (χ4n) is 9.40. The van der Waals surface area contributed by atoms with E-state index in [0.29, 0.717) is 49.4 Å². The number of hydrogen-bond acceptors (Lipinski definition) is 10. The Balaban J connectivity index is 0.980. The van der Waals surface area contributed by atoms with Crippen LogP contribution < -0.4 is 4.90 Å². The molecule has 0 aliphatic carbocycles. The molecule has 1 aromatic carbocycles. The molecule has 5 rings (SSSR count). The van der Waals surface area contributed by atoms with E-state index >= 15 is 0 Å². The number of carbonyl (C=O) groups excluding carboxylic acids is 4. The minimum Gasteiger partial charge on any atom is -0.372 e. The first-order valence-corrected chi connectivity index (χ1v) is 23.2. The first-order valence-electron chi connectivity index (χ1n) is 23.2. The third-order valence-corrected chi connectivity index (χ3v) is 13.8. The molecule has 2 aromatic rings. The number of ketones is 4. The summed E-state index contributed by atoms with van der Waals surface area (Å²) < 4.78 is 5.96. The summed E-state index contributed by atoms with van der Waals surface area (Å²) in [5.41, 5.74) is 0.703. The molecule has 3 aliphatic heterocycles. The molecule has 3 saturated heterocycles. The third-order valence-electron chi connectivity index (χ3n) is 13.8. The molecule has 10 heteroatoms. The molecule has 4 heterocycles. The first kappa shape index (κ1) is 48.7. The number of carbonyl (C=O) groups is 4. The number of anilines is 1. The smallest absolute Gasteiger partial charge is 0.169 e. The van der Waals surface area contributed by atoms with E-state index in [4.69, 9.17) is 4.74 Å². The van der Waals surface area contributed by atoms with Gasteiger partial charge in [0.1, 0.15) is 12.4 Å². The van der Waals surface area contributed by atoms with Gasteiger partial charge >= 0.3 is 0 Å². The van der Waals surface area contributed by atoms with E-state index in [2.05, 4.69) is 50.6 Å². The summed E-state index contributed by atoms with van der Waals surface area (Å²) >= 11 is 0. The zero-order valence-corrected chi connectivity index (χ0v) is 39.9. The lowest BCUT2D eigenvalue weighted by atomic mass is 9.74. The second-order valence-electron chi connectivity index (χ2n) is 22.1. The molecule has 61 heavy (non-hydrogen) atoms. The average molecular weight is 842 g/mol. The van der Waals surface area contributed by atoms with Gasteiger partial charge in [-0.15, -0.1) is 0 Å². The largest absolute Gasteiger partial charge is 0.372 e. The van der Waals surface area contributed by atoms with Crippen LogP contribution in [0.2, 0.25) is 0 Å². The van der Waals surface area contributed by atoms with Crippen molar-refractivity contribution in [2.24, 2.45) is 21.7 Å². The molecule has 0 N–H and O–H groups in total. The highest BCUT2D eigenvalue weighted by atomic mass is 16.5. The van der Waals surface area contributed by atoms with Crippen molar-refractivity contribution in [3.8, 4) is 0 Å². The number of benzene rings is 1. The summed E-state index contributed by atoms with van der Waals surface area (Å²) in [6, 6.07) is 13.5. The average Bonchev–Trinajstić information content (AvgIpc) is 3.41. The van der Waals surface area contributed by atoms with Crippen molar-refractivity contribution in [3.63, 3.8) is 0 Å². The molecular weight excluding hydrogens is 763 g/mol. The number of Topliss-reactive ketones (excluding diaryl/α,β-unsaturated/α-hetero) is 4. The third kappa shape index (κ3) is 12.9. The molecule has 3 aliphatic rings. The fourth-order valence-corrected chi connectivity index (χ4v) is 9.40. The first-order chi connectivity index (χ1) is 28.5. The van der Waals surface area contributed by atoms with Gasteiger partial charge in [0.15, 0.2) is 23.1 Å². The van der Waals surface area contributed by atoms with Crippen molar-refractivity contribution >= 4 is 29.0 Å². The number of piperazine rings is 2. The van der Waals surface area contributed by atoms with Crippen molar-refractivity contribution in [1.82, 2.24) is 19.7 Å². The molecule has 0 saturated carbocycles. The molecule has 1 aromatic heterocycles. The molecule has 3 fully saturated rings. The lowest BCUT2D eigenvalue weighted by molar-refractivity contribution is -0.132. The summed E-state index contributed by atoms with van der Waals surface area (Å²) in [6.07, 6.45) is 8.56. The van der Waals surface area contributed by atoms with E-state index in [1.54, 1.807) is 6.20 Å². The van der Waals surface area contributed by atoms with Crippen LogP contribution in [0.25, 0.3) is 0 Å². The lowest BCUT2D eigenvalue weighted by Crippen LogP contribution is -2.57. The van der Waals surface area contributed by atoms with Gasteiger partial charge in [-0.2, -0.15) is 0 Å². The number of unbranched alkanes of at least 4 members (excludes halogenated alkanes) is 1. The van der Waals surface area contributed by atoms with Crippen molar-refractivity contribution in [3.05, 3.63) is 59.3 Å². The van der Waals surface area contributed by atoms with Gasteiger partial charge in [-0.05, 0) is 83.0 Å². The molecule has 0 amide bonds. The standard InChI is InChI=1S/C51H79N5O5/c1-36-30-54(31-37(2)56(36)45-23-20-40(29-52-45)46(59)49(6,7)8)27-28-61-35-44(58)50(9,10)24-25-51(11,12)47(60)39-18-16-38(17-19-39)15-13-14-26-53-32-41-21-22-42(33-53)55(41)34-43(57)48(3,4)5/h16-20,23,29,36-37,41-42H,13-15,21-22,24-28,30-35H2,1-12H3/t36-,37+,41?,42?. The number of nitrogens with zero attached hydrogens (tertiary/aromatic N) is 5. The predicted octanol–water partition coefficient (Wildman–Crippen LogP) is 8.60. The second kappa shape index (κ2) is 20.0. The van der Waals surface area contributed by atoms with Crippen LogP contribution in [0.15, 0.2) is 42.6 Å². The summed E-state index contributed by atoms with van der Waals surface area (Å²) in [6.45, 7) is 31.0. The van der Waals surface area contributed by atoms with E-state index < -0.39 is 16.2 Å². The Kier molecular flexibility index (Phi) is 16.0. The SMILES string of the molecule is C[C@@H]1CN(CCOCC(=O)C(C)(C)CCC(C)(C)C(=O)c2ccc(CCCCN3CC4CCC(C3)N4CC(=O)C(C)(C)C)cc2)C[C@H](C)N1c1ccc(C(=O)C(C)(C)C)cn1. The molecule has 338 valence electrons. The summed E-state index contributed by atoms with van der Waals surface area (Å²) in [7, 11) is 0. The van der Waals surface area contributed by atoms with Gasteiger partial charge in [-0.3, -0.25) is 29.0 Å². The summed E-state index contributed by atoms with van der Waals surface area (Å²) in [5, 5.41) is 0. The number of fused-ring (bicyclic) bond motifs is 2. The molecular formula is C51H79N5O5. The predicted molar refractivity (Wildman–Crippen MR) is 247 cm³/mol. The van der Waals surface area contributed by atoms with Crippen LogP contribution in [0.1, 0.15) is 148 Å². The van der Waals surface area contributed by atoms with Crippen LogP contribution in [0.4, 0.5) is 5.82 Å². The lowest BCUT2D eigenvalue weighted by Gasteiger charge is -2.45. The number of aryl methyl sites for hydroxylation is 1. The van der Waals surface area contributed by atoms with Crippen molar-refractivity contribution in [2.75, 3.05) is 63.9 Å². The Bertz CT molecular complexity index is 1780. The maximum absolute atomic E-state index is 13.7. The van der Waals surface area contributed by atoms with Crippen molar-refractivity contribution in [2.45, 2.75) is 152 Å². The van der Waals surface area contributed by atoms with E-state index in [0.717, 1.165) is 69.9 Å². The van der Waals surface area contributed by atoms with Crippen LogP contribution >= 0.6 is 0 Å².